The Labute approximate surface area is 112 Å². The van der Waals surface area contributed by atoms with Gasteiger partial charge in [0.15, 0.2) is 5.41 Å². The van der Waals surface area contributed by atoms with E-state index in [-0.39, 0.29) is 5.41 Å². The van der Waals surface area contributed by atoms with E-state index in [1.807, 2.05) is 48.5 Å². The zero-order valence-corrected chi connectivity index (χ0v) is 11.1. The molecule has 17 heavy (non-hydrogen) atoms. The first-order valence-corrected chi connectivity index (χ1v) is 6.13. The molecule has 2 aromatic carbocycles. The molecule has 0 heterocycles. The van der Waals surface area contributed by atoms with Crippen molar-refractivity contribution in [3.05, 3.63) is 76.6 Å². The second-order valence-corrected chi connectivity index (χ2v) is 5.23. The highest BCUT2D eigenvalue weighted by molar-refractivity contribution is 6.31. The summed E-state index contributed by atoms with van der Waals surface area (Å²) in [6, 6.07) is 15.5. The summed E-state index contributed by atoms with van der Waals surface area (Å²) in [5, 5.41) is 1.44. The van der Waals surface area contributed by atoms with Crippen molar-refractivity contribution in [1.29, 1.82) is 0 Å². The van der Waals surface area contributed by atoms with Crippen LogP contribution in [0.3, 0.4) is 0 Å². The lowest BCUT2D eigenvalue weighted by Crippen LogP contribution is -2.19. The van der Waals surface area contributed by atoms with Crippen molar-refractivity contribution in [3.63, 3.8) is 0 Å². The van der Waals surface area contributed by atoms with Crippen LogP contribution in [-0.2, 0) is 5.41 Å². The number of halogens is 2. The molecule has 0 nitrogen and oxygen atoms in total. The molecule has 0 fully saturated rings. The fraction of sp³-hybridized carbons (Fsp3) is 0.133. The van der Waals surface area contributed by atoms with Gasteiger partial charge in [0.2, 0.25) is 0 Å². The van der Waals surface area contributed by atoms with E-state index in [9.17, 15) is 0 Å². The first-order chi connectivity index (χ1) is 8.00. The second-order valence-electron chi connectivity index (χ2n) is 4.35. The van der Waals surface area contributed by atoms with Gasteiger partial charge in [0.25, 0.3) is 0 Å². The van der Waals surface area contributed by atoms with Crippen LogP contribution in [0.4, 0.5) is 0 Å². The largest absolute Gasteiger partial charge is 0.152 e. The van der Waals surface area contributed by atoms with Gasteiger partial charge in [-0.2, -0.15) is 0 Å². The highest BCUT2D eigenvalue weighted by Gasteiger charge is 2.30. The summed E-state index contributed by atoms with van der Waals surface area (Å²) in [5.41, 5.74) is 1.80. The Hall–Kier alpha value is -1.11. The first kappa shape index (κ1) is 12.3. The molecule has 0 saturated carbocycles. The molecule has 0 aliphatic heterocycles. The molecule has 0 radical (unpaired) electrons. The summed E-state index contributed by atoms with van der Waals surface area (Å²) in [6.07, 6.45) is 0. The average Bonchev–Trinajstić information content (AvgIpc) is 2.29. The molecule has 0 aliphatic rings. The lowest BCUT2D eigenvalue weighted by Gasteiger charge is -2.19. The van der Waals surface area contributed by atoms with Crippen LogP contribution in [0.2, 0.25) is 10.0 Å². The van der Waals surface area contributed by atoms with Gasteiger partial charge in [0, 0.05) is 21.2 Å². The fourth-order valence-corrected chi connectivity index (χ4v) is 2.21. The van der Waals surface area contributed by atoms with Crippen LogP contribution in [-0.4, -0.2) is 0 Å². The molecule has 0 saturated heterocycles. The minimum absolute atomic E-state index is 0.351. The minimum Gasteiger partial charge on any atom is -0.0843 e. The van der Waals surface area contributed by atoms with Gasteiger partial charge in [-0.3, -0.25) is 0 Å². The van der Waals surface area contributed by atoms with E-state index >= 15 is 0 Å². The highest BCUT2D eigenvalue weighted by Crippen LogP contribution is 2.33. The lowest BCUT2D eigenvalue weighted by atomic mass is 9.78. The molecule has 0 bridgehead atoms. The van der Waals surface area contributed by atoms with Gasteiger partial charge in [0.05, 0.1) is 6.92 Å². The van der Waals surface area contributed by atoms with Crippen molar-refractivity contribution in [1.82, 2.24) is 0 Å². The number of hydrogen-bond acceptors (Lipinski definition) is 0. The van der Waals surface area contributed by atoms with E-state index in [4.69, 9.17) is 23.2 Å². The van der Waals surface area contributed by atoms with E-state index in [1.165, 1.54) is 0 Å². The van der Waals surface area contributed by atoms with Gasteiger partial charge in [0.1, 0.15) is 0 Å². The Kier molecular flexibility index (Phi) is 3.37. The Morgan fingerprint density at radius 1 is 0.882 bits per heavy atom. The summed E-state index contributed by atoms with van der Waals surface area (Å²) in [4.78, 5) is 0. The molecule has 0 spiro atoms. The van der Waals surface area contributed by atoms with Gasteiger partial charge < -0.3 is 0 Å². The quantitative estimate of drug-likeness (QED) is 0.659. The molecule has 0 amide bonds. The predicted octanol–water partition coefficient (Wildman–Crippen LogP) is 5.13. The van der Waals surface area contributed by atoms with Crippen LogP contribution >= 0.6 is 23.2 Å². The Bertz CT molecular complexity index is 482. The molecule has 86 valence electrons. The molecule has 2 heteroatoms. The SMILES string of the molecule is [CH2+]C(C)(c1cccc(Cl)c1)c1cccc(Cl)c1. The standard InChI is InChI=1S/C15H13Cl2/c1-15(2,11-5-3-7-13(16)9-11)12-6-4-8-14(17)10-12/h3-10H,1H2,2H3/q+1. The molecule has 0 aromatic heterocycles. The smallest absolute Gasteiger partial charge is 0.0843 e. The maximum absolute atomic E-state index is 6.02. The highest BCUT2D eigenvalue weighted by atomic mass is 35.5. The first-order valence-electron chi connectivity index (χ1n) is 5.37. The Balaban J connectivity index is 2.49. The zero-order chi connectivity index (χ0) is 12.5. The van der Waals surface area contributed by atoms with Gasteiger partial charge >= 0.3 is 0 Å². The number of hydrogen-bond donors (Lipinski definition) is 0. The maximum Gasteiger partial charge on any atom is 0.152 e. The Morgan fingerprint density at radius 2 is 1.29 bits per heavy atom. The zero-order valence-electron chi connectivity index (χ0n) is 9.58. The average molecular weight is 264 g/mol. The van der Waals surface area contributed by atoms with Crippen molar-refractivity contribution in [3.8, 4) is 0 Å². The monoisotopic (exact) mass is 263 g/mol. The third-order valence-electron chi connectivity index (χ3n) is 2.92. The van der Waals surface area contributed by atoms with E-state index in [0.717, 1.165) is 21.2 Å². The molecule has 0 N–H and O–H groups in total. The van der Waals surface area contributed by atoms with Crippen LogP contribution in [0.1, 0.15) is 18.1 Å². The third kappa shape index (κ3) is 2.59. The molecule has 0 atom stereocenters. The normalized spacial score (nSPS) is 11.5. The molecule has 0 aliphatic carbocycles. The van der Waals surface area contributed by atoms with Crippen LogP contribution in [0.25, 0.3) is 0 Å². The van der Waals surface area contributed by atoms with E-state index in [2.05, 4.69) is 13.8 Å². The van der Waals surface area contributed by atoms with Crippen LogP contribution in [0, 0.1) is 6.92 Å². The third-order valence-corrected chi connectivity index (χ3v) is 3.39. The Morgan fingerprint density at radius 3 is 1.65 bits per heavy atom. The molecule has 2 aromatic rings. The number of benzene rings is 2. The van der Waals surface area contributed by atoms with Crippen molar-refractivity contribution in [2.75, 3.05) is 0 Å². The minimum atomic E-state index is -0.351. The predicted molar refractivity (Wildman–Crippen MR) is 74.7 cm³/mol. The van der Waals surface area contributed by atoms with Crippen LogP contribution in [0.5, 0.6) is 0 Å². The molecular formula is C15H13Cl2+. The topological polar surface area (TPSA) is 0 Å². The summed E-state index contributed by atoms with van der Waals surface area (Å²) in [5.74, 6) is 0. The van der Waals surface area contributed by atoms with Gasteiger partial charge in [-0.25, -0.2) is 0 Å². The molecule has 0 unspecified atom stereocenters. The van der Waals surface area contributed by atoms with Crippen LogP contribution in [0.15, 0.2) is 48.5 Å². The van der Waals surface area contributed by atoms with Crippen molar-refractivity contribution in [2.24, 2.45) is 0 Å². The van der Waals surface area contributed by atoms with Gasteiger partial charge in [-0.15, -0.1) is 0 Å². The lowest BCUT2D eigenvalue weighted by molar-refractivity contribution is 0.719. The summed E-state index contributed by atoms with van der Waals surface area (Å²) >= 11 is 12.0. The van der Waals surface area contributed by atoms with Crippen LogP contribution < -0.4 is 0 Å². The van der Waals surface area contributed by atoms with E-state index in [0.29, 0.717) is 0 Å². The van der Waals surface area contributed by atoms with Gasteiger partial charge in [-0.1, -0.05) is 47.5 Å². The second kappa shape index (κ2) is 4.64. The van der Waals surface area contributed by atoms with Crippen molar-refractivity contribution < 1.29 is 0 Å². The summed E-state index contributed by atoms with van der Waals surface area (Å²) in [7, 11) is 0. The van der Waals surface area contributed by atoms with E-state index in [1.54, 1.807) is 0 Å². The van der Waals surface area contributed by atoms with Gasteiger partial charge in [-0.05, 0) is 31.2 Å². The summed E-state index contributed by atoms with van der Waals surface area (Å²) in [6.45, 7) is 6.34. The summed E-state index contributed by atoms with van der Waals surface area (Å²) < 4.78 is 0. The van der Waals surface area contributed by atoms with Crippen molar-refractivity contribution in [2.45, 2.75) is 12.3 Å². The molecular weight excluding hydrogens is 251 g/mol. The molecule has 2 rings (SSSR count). The fourth-order valence-electron chi connectivity index (χ4n) is 1.83. The van der Waals surface area contributed by atoms with Crippen molar-refractivity contribution >= 4 is 23.2 Å². The number of rotatable bonds is 2. The van der Waals surface area contributed by atoms with E-state index < -0.39 is 0 Å². The maximum atomic E-state index is 6.02.